The molecule has 0 aromatic heterocycles. The first-order valence-corrected chi connectivity index (χ1v) is 5.66. The van der Waals surface area contributed by atoms with Crippen molar-refractivity contribution in [1.82, 2.24) is 0 Å². The number of carbonyl (C=O) groups excluding carboxylic acids is 1. The molecule has 3 heteroatoms. The molecule has 0 N–H and O–H groups in total. The molecule has 0 spiro atoms. The maximum atomic E-state index is 11.4. The second kappa shape index (κ2) is 5.81. The Balaban J connectivity index is 2.48. The van der Waals surface area contributed by atoms with Crippen LogP contribution < -0.4 is 0 Å². The Morgan fingerprint density at radius 3 is 2.57 bits per heavy atom. The second-order valence-electron chi connectivity index (χ2n) is 3.04. The molecule has 0 aliphatic heterocycles. The van der Waals surface area contributed by atoms with Crippen LogP contribution in [0, 0.1) is 6.92 Å². The number of ether oxygens (including phenoxy) is 1. The molecule has 0 heterocycles. The van der Waals surface area contributed by atoms with E-state index in [0.29, 0.717) is 12.2 Å². The van der Waals surface area contributed by atoms with Crippen LogP contribution >= 0.6 is 15.9 Å². The van der Waals surface area contributed by atoms with Crippen LogP contribution in [0.1, 0.15) is 22.3 Å². The highest BCUT2D eigenvalue weighted by molar-refractivity contribution is 9.09. The van der Waals surface area contributed by atoms with E-state index in [0.717, 1.165) is 17.3 Å². The Morgan fingerprint density at radius 1 is 1.36 bits per heavy atom. The van der Waals surface area contributed by atoms with Crippen LogP contribution in [0.3, 0.4) is 0 Å². The molecule has 1 aromatic carbocycles. The molecule has 0 radical (unpaired) electrons. The van der Waals surface area contributed by atoms with E-state index in [2.05, 4.69) is 15.9 Å². The first kappa shape index (κ1) is 11.2. The van der Waals surface area contributed by atoms with E-state index in [-0.39, 0.29) is 5.97 Å². The van der Waals surface area contributed by atoms with Gasteiger partial charge in [-0.1, -0.05) is 33.6 Å². The van der Waals surface area contributed by atoms with E-state index in [1.165, 1.54) is 0 Å². The average Bonchev–Trinajstić information content (AvgIpc) is 2.19. The Bertz CT molecular complexity index is 293. The molecule has 76 valence electrons. The molecule has 0 saturated carbocycles. The van der Waals surface area contributed by atoms with Crippen molar-refractivity contribution in [2.24, 2.45) is 0 Å². The van der Waals surface area contributed by atoms with Crippen LogP contribution in [0.2, 0.25) is 0 Å². The minimum Gasteiger partial charge on any atom is -0.462 e. The van der Waals surface area contributed by atoms with Crippen molar-refractivity contribution in [2.75, 3.05) is 11.9 Å². The summed E-state index contributed by atoms with van der Waals surface area (Å²) in [6.45, 7) is 2.46. The van der Waals surface area contributed by atoms with E-state index in [1.54, 1.807) is 12.1 Å². The van der Waals surface area contributed by atoms with Gasteiger partial charge in [-0.05, 0) is 25.5 Å². The Kier molecular flexibility index (Phi) is 4.66. The van der Waals surface area contributed by atoms with Gasteiger partial charge in [0.2, 0.25) is 0 Å². The quantitative estimate of drug-likeness (QED) is 0.471. The van der Waals surface area contributed by atoms with Crippen LogP contribution in [-0.2, 0) is 4.74 Å². The molecule has 0 unspecified atom stereocenters. The van der Waals surface area contributed by atoms with E-state index in [9.17, 15) is 4.79 Å². The number of alkyl halides is 1. The van der Waals surface area contributed by atoms with Crippen molar-refractivity contribution < 1.29 is 9.53 Å². The monoisotopic (exact) mass is 256 g/mol. The number of hydrogen-bond acceptors (Lipinski definition) is 2. The van der Waals surface area contributed by atoms with Crippen LogP contribution in [0.25, 0.3) is 0 Å². The average molecular weight is 257 g/mol. The fourth-order valence-corrected chi connectivity index (χ4v) is 1.22. The molecule has 0 aliphatic rings. The first-order chi connectivity index (χ1) is 6.74. The maximum absolute atomic E-state index is 11.4. The van der Waals surface area contributed by atoms with Gasteiger partial charge in [0, 0.05) is 5.33 Å². The van der Waals surface area contributed by atoms with E-state index in [4.69, 9.17) is 4.74 Å². The Labute approximate surface area is 92.4 Å². The van der Waals surface area contributed by atoms with Crippen molar-refractivity contribution in [3.05, 3.63) is 35.4 Å². The maximum Gasteiger partial charge on any atom is 0.338 e. The molecule has 0 amide bonds. The lowest BCUT2D eigenvalue weighted by Gasteiger charge is -2.03. The van der Waals surface area contributed by atoms with Crippen LogP contribution in [0.5, 0.6) is 0 Å². The zero-order valence-corrected chi connectivity index (χ0v) is 9.71. The van der Waals surface area contributed by atoms with Gasteiger partial charge in [-0.25, -0.2) is 4.79 Å². The van der Waals surface area contributed by atoms with Crippen LogP contribution in [0.4, 0.5) is 0 Å². The largest absolute Gasteiger partial charge is 0.462 e. The predicted molar refractivity (Wildman–Crippen MR) is 59.9 cm³/mol. The third kappa shape index (κ3) is 3.50. The van der Waals surface area contributed by atoms with Gasteiger partial charge >= 0.3 is 5.97 Å². The molecule has 0 saturated heterocycles. The van der Waals surface area contributed by atoms with E-state index < -0.39 is 0 Å². The molecule has 0 atom stereocenters. The number of esters is 1. The Hall–Kier alpha value is -0.830. The van der Waals surface area contributed by atoms with Crippen molar-refractivity contribution in [3.63, 3.8) is 0 Å². The number of aryl methyl sites for hydroxylation is 1. The summed E-state index contributed by atoms with van der Waals surface area (Å²) in [4.78, 5) is 11.4. The highest BCUT2D eigenvalue weighted by Crippen LogP contribution is 2.05. The minimum atomic E-state index is -0.244. The summed E-state index contributed by atoms with van der Waals surface area (Å²) < 4.78 is 5.04. The van der Waals surface area contributed by atoms with Gasteiger partial charge in [-0.2, -0.15) is 0 Å². The van der Waals surface area contributed by atoms with E-state index in [1.807, 2.05) is 19.1 Å². The molecule has 0 aliphatic carbocycles. The zero-order valence-electron chi connectivity index (χ0n) is 8.13. The van der Waals surface area contributed by atoms with Gasteiger partial charge < -0.3 is 4.74 Å². The summed E-state index contributed by atoms with van der Waals surface area (Å²) in [6, 6.07) is 7.37. The van der Waals surface area contributed by atoms with Gasteiger partial charge in [-0.3, -0.25) is 0 Å². The van der Waals surface area contributed by atoms with Crippen molar-refractivity contribution >= 4 is 21.9 Å². The molecular weight excluding hydrogens is 244 g/mol. The van der Waals surface area contributed by atoms with Gasteiger partial charge in [0.15, 0.2) is 0 Å². The smallest absolute Gasteiger partial charge is 0.338 e. The van der Waals surface area contributed by atoms with Crippen molar-refractivity contribution in [3.8, 4) is 0 Å². The van der Waals surface area contributed by atoms with Gasteiger partial charge in [0.1, 0.15) is 0 Å². The first-order valence-electron chi connectivity index (χ1n) is 4.54. The summed E-state index contributed by atoms with van der Waals surface area (Å²) in [7, 11) is 0. The summed E-state index contributed by atoms with van der Waals surface area (Å²) >= 11 is 3.27. The molecular formula is C11H13BrO2. The third-order valence-corrected chi connectivity index (χ3v) is 2.36. The number of halogens is 1. The highest BCUT2D eigenvalue weighted by Gasteiger charge is 2.05. The van der Waals surface area contributed by atoms with Gasteiger partial charge in [0.25, 0.3) is 0 Å². The predicted octanol–water partition coefficient (Wildman–Crippen LogP) is 2.94. The standard InChI is InChI=1S/C11H13BrO2/c1-9-3-5-10(6-4-9)11(13)14-8-2-7-12/h3-6H,2,7-8H2,1H3. The summed E-state index contributed by atoms with van der Waals surface area (Å²) in [5, 5.41) is 0.855. The van der Waals surface area contributed by atoms with Crippen LogP contribution in [-0.4, -0.2) is 17.9 Å². The number of carbonyl (C=O) groups is 1. The fraction of sp³-hybridized carbons (Fsp3) is 0.364. The topological polar surface area (TPSA) is 26.3 Å². The zero-order chi connectivity index (χ0) is 10.4. The third-order valence-electron chi connectivity index (χ3n) is 1.80. The van der Waals surface area contributed by atoms with Gasteiger partial charge in [-0.15, -0.1) is 0 Å². The lowest BCUT2D eigenvalue weighted by molar-refractivity contribution is 0.0506. The van der Waals surface area contributed by atoms with Crippen molar-refractivity contribution in [1.29, 1.82) is 0 Å². The molecule has 1 rings (SSSR count). The van der Waals surface area contributed by atoms with E-state index >= 15 is 0 Å². The van der Waals surface area contributed by atoms with Gasteiger partial charge in [0.05, 0.1) is 12.2 Å². The summed E-state index contributed by atoms with van der Waals surface area (Å²) in [6.07, 6.45) is 0.845. The lowest BCUT2D eigenvalue weighted by atomic mass is 10.1. The second-order valence-corrected chi connectivity index (χ2v) is 3.84. The molecule has 14 heavy (non-hydrogen) atoms. The molecule has 1 aromatic rings. The fourth-order valence-electron chi connectivity index (χ4n) is 0.992. The number of rotatable bonds is 4. The highest BCUT2D eigenvalue weighted by atomic mass is 79.9. The summed E-state index contributed by atoms with van der Waals surface area (Å²) in [5.74, 6) is -0.244. The minimum absolute atomic E-state index is 0.244. The van der Waals surface area contributed by atoms with Crippen molar-refractivity contribution in [2.45, 2.75) is 13.3 Å². The normalized spacial score (nSPS) is 9.86. The molecule has 0 bridgehead atoms. The number of hydrogen-bond donors (Lipinski definition) is 0. The molecule has 0 fully saturated rings. The number of benzene rings is 1. The SMILES string of the molecule is Cc1ccc(C(=O)OCCCBr)cc1. The summed E-state index contributed by atoms with van der Waals surface area (Å²) in [5.41, 5.74) is 1.76. The van der Waals surface area contributed by atoms with Crippen LogP contribution in [0.15, 0.2) is 24.3 Å². The molecule has 2 nitrogen and oxygen atoms in total. The Morgan fingerprint density at radius 2 is 2.00 bits per heavy atom. The lowest BCUT2D eigenvalue weighted by Crippen LogP contribution is -2.06.